The maximum Gasteiger partial charge on any atom is 0.323 e. The summed E-state index contributed by atoms with van der Waals surface area (Å²) in [6.07, 6.45) is -0.712. The topological polar surface area (TPSA) is 75.7 Å². The van der Waals surface area contributed by atoms with E-state index in [2.05, 4.69) is 16.3 Å². The van der Waals surface area contributed by atoms with Crippen molar-refractivity contribution in [1.29, 1.82) is 0 Å². The van der Waals surface area contributed by atoms with Gasteiger partial charge in [0.05, 0.1) is 0 Å². The monoisotopic (exact) mass is 157 g/mol. The van der Waals surface area contributed by atoms with Gasteiger partial charge in [0.15, 0.2) is 0 Å². The Balaban J connectivity index is 3.56. The number of nitrogens with two attached hydrogens (primary N) is 1. The van der Waals surface area contributed by atoms with E-state index in [0.29, 0.717) is 0 Å². The summed E-state index contributed by atoms with van der Waals surface area (Å²) >= 11 is 4.08. The van der Waals surface area contributed by atoms with Crippen LogP contribution < -0.4 is 5.73 Å². The van der Waals surface area contributed by atoms with Gasteiger partial charge < -0.3 is 15.5 Å². The Morgan fingerprint density at radius 1 is 1.75 bits per heavy atom. The highest BCUT2D eigenvalue weighted by atomic mass is 32.5. The van der Waals surface area contributed by atoms with E-state index in [0.717, 1.165) is 0 Å². The summed E-state index contributed by atoms with van der Waals surface area (Å²) in [5, 5.41) is 0. The Hall–Kier alpha value is 0.490. The summed E-state index contributed by atoms with van der Waals surface area (Å²) in [6, 6.07) is 0. The molecular formula is C2H8NO3PS. The van der Waals surface area contributed by atoms with E-state index < -0.39 is 12.9 Å². The molecule has 6 heteroatoms. The summed E-state index contributed by atoms with van der Waals surface area (Å²) < 4.78 is 4.25. The molecule has 0 spiro atoms. The SMILES string of the molecule is CC(N)OP(O)(O)=S. The molecule has 4 nitrogen and oxygen atoms in total. The van der Waals surface area contributed by atoms with Crippen LogP contribution in [0.1, 0.15) is 6.92 Å². The average Bonchev–Trinajstić information content (AvgIpc) is 1.21. The van der Waals surface area contributed by atoms with Crippen molar-refractivity contribution in [3.63, 3.8) is 0 Å². The maximum atomic E-state index is 8.37. The summed E-state index contributed by atoms with van der Waals surface area (Å²) in [6.45, 7) is -2.05. The van der Waals surface area contributed by atoms with Crippen molar-refractivity contribution >= 4 is 18.5 Å². The summed E-state index contributed by atoms with van der Waals surface area (Å²) in [5.41, 5.74) is 5.00. The minimum absolute atomic E-state index is 0.712. The predicted molar refractivity (Wildman–Crippen MR) is 33.5 cm³/mol. The summed E-state index contributed by atoms with van der Waals surface area (Å²) in [5.74, 6) is 0. The third-order valence-electron chi connectivity index (χ3n) is 0.304. The Bertz CT molecular complexity index is 110. The Morgan fingerprint density at radius 2 is 2.12 bits per heavy atom. The van der Waals surface area contributed by atoms with Crippen LogP contribution in [-0.4, -0.2) is 16.0 Å². The maximum absolute atomic E-state index is 8.37. The number of hydrogen-bond donors (Lipinski definition) is 3. The lowest BCUT2D eigenvalue weighted by atomic mass is 10.7. The fraction of sp³-hybridized carbons (Fsp3) is 1.00. The first-order valence-electron chi connectivity index (χ1n) is 1.91. The van der Waals surface area contributed by atoms with Crippen LogP contribution >= 0.6 is 6.72 Å². The van der Waals surface area contributed by atoms with Crippen LogP contribution in [0.15, 0.2) is 0 Å². The highest BCUT2D eigenvalue weighted by Crippen LogP contribution is 2.36. The van der Waals surface area contributed by atoms with Gasteiger partial charge in [0.2, 0.25) is 0 Å². The quantitative estimate of drug-likeness (QED) is 0.372. The Morgan fingerprint density at radius 3 is 2.12 bits per heavy atom. The summed E-state index contributed by atoms with van der Waals surface area (Å²) in [4.78, 5) is 16.7. The van der Waals surface area contributed by atoms with Crippen LogP contribution in [0.25, 0.3) is 0 Å². The van der Waals surface area contributed by atoms with E-state index in [-0.39, 0.29) is 0 Å². The zero-order chi connectivity index (χ0) is 6.78. The van der Waals surface area contributed by atoms with Crippen LogP contribution in [0.4, 0.5) is 0 Å². The molecule has 1 unspecified atom stereocenters. The van der Waals surface area contributed by atoms with Crippen molar-refractivity contribution in [2.24, 2.45) is 5.73 Å². The number of hydrogen-bond acceptors (Lipinski definition) is 3. The van der Waals surface area contributed by atoms with Crippen LogP contribution in [0.2, 0.25) is 0 Å². The largest absolute Gasteiger partial charge is 0.324 e. The summed E-state index contributed by atoms with van der Waals surface area (Å²) in [7, 11) is 0. The second kappa shape index (κ2) is 2.87. The van der Waals surface area contributed by atoms with Crippen molar-refractivity contribution in [2.75, 3.05) is 0 Å². The highest BCUT2D eigenvalue weighted by Gasteiger charge is 2.09. The van der Waals surface area contributed by atoms with Gasteiger partial charge in [0.1, 0.15) is 6.23 Å². The molecule has 0 aromatic rings. The average molecular weight is 157 g/mol. The minimum Gasteiger partial charge on any atom is -0.324 e. The van der Waals surface area contributed by atoms with Gasteiger partial charge >= 0.3 is 6.72 Å². The van der Waals surface area contributed by atoms with Crippen molar-refractivity contribution in [3.05, 3.63) is 0 Å². The van der Waals surface area contributed by atoms with Crippen LogP contribution in [0.5, 0.6) is 0 Å². The third kappa shape index (κ3) is 6.49. The zero-order valence-corrected chi connectivity index (χ0v) is 6.02. The first-order valence-corrected chi connectivity index (χ1v) is 4.54. The van der Waals surface area contributed by atoms with Crippen molar-refractivity contribution in [2.45, 2.75) is 13.2 Å². The van der Waals surface area contributed by atoms with Gasteiger partial charge in [0.25, 0.3) is 0 Å². The van der Waals surface area contributed by atoms with Crippen molar-refractivity contribution in [3.8, 4) is 0 Å². The molecule has 0 heterocycles. The third-order valence-corrected chi connectivity index (χ3v) is 1.17. The fourth-order valence-corrected chi connectivity index (χ4v) is 1.06. The van der Waals surface area contributed by atoms with E-state index in [1.165, 1.54) is 6.92 Å². The molecule has 4 N–H and O–H groups in total. The van der Waals surface area contributed by atoms with E-state index in [1.54, 1.807) is 0 Å². The lowest BCUT2D eigenvalue weighted by Gasteiger charge is -2.10. The molecule has 1 atom stereocenters. The van der Waals surface area contributed by atoms with Crippen LogP contribution in [0.3, 0.4) is 0 Å². The molecular weight excluding hydrogens is 149 g/mol. The zero-order valence-electron chi connectivity index (χ0n) is 4.31. The molecule has 50 valence electrons. The van der Waals surface area contributed by atoms with Crippen molar-refractivity contribution < 1.29 is 14.3 Å². The smallest absolute Gasteiger partial charge is 0.323 e. The van der Waals surface area contributed by atoms with Gasteiger partial charge in [-0.3, -0.25) is 4.52 Å². The molecule has 0 aromatic heterocycles. The normalized spacial score (nSPS) is 16.0. The first kappa shape index (κ1) is 8.49. The Labute approximate surface area is 52.5 Å². The van der Waals surface area contributed by atoms with E-state index >= 15 is 0 Å². The van der Waals surface area contributed by atoms with Crippen LogP contribution in [-0.2, 0) is 16.3 Å². The van der Waals surface area contributed by atoms with Gasteiger partial charge in [-0.05, 0) is 18.7 Å². The molecule has 0 amide bonds. The van der Waals surface area contributed by atoms with E-state index in [4.69, 9.17) is 15.5 Å². The molecule has 0 aliphatic heterocycles. The highest BCUT2D eigenvalue weighted by molar-refractivity contribution is 8.06. The molecule has 0 saturated carbocycles. The molecule has 0 aliphatic rings. The van der Waals surface area contributed by atoms with Gasteiger partial charge in [0, 0.05) is 0 Å². The van der Waals surface area contributed by atoms with Gasteiger partial charge in [-0.2, -0.15) is 0 Å². The van der Waals surface area contributed by atoms with E-state index in [9.17, 15) is 0 Å². The lowest BCUT2D eigenvalue weighted by molar-refractivity contribution is 0.189. The molecule has 8 heavy (non-hydrogen) atoms. The minimum atomic E-state index is -3.51. The standard InChI is InChI=1S/C2H8NO3PS/c1-2(3)6-7(4,5)8/h2H,3H2,1H3,(H2,4,5,8). The molecule has 0 radical (unpaired) electrons. The molecule has 0 aliphatic carbocycles. The predicted octanol–water partition coefficient (Wildman–Crippen LogP) is -0.483. The second-order valence-electron chi connectivity index (χ2n) is 1.30. The fourth-order valence-electron chi connectivity index (χ4n) is 0.217. The molecule has 0 aromatic carbocycles. The molecule has 0 bridgehead atoms. The van der Waals surface area contributed by atoms with Crippen LogP contribution in [0, 0.1) is 0 Å². The Kier molecular flexibility index (Phi) is 3.04. The second-order valence-corrected chi connectivity index (χ2v) is 3.92. The van der Waals surface area contributed by atoms with Gasteiger partial charge in [-0.25, -0.2) is 0 Å². The number of rotatable bonds is 2. The molecule has 0 fully saturated rings. The molecule has 0 rings (SSSR count). The van der Waals surface area contributed by atoms with Gasteiger partial charge in [-0.1, -0.05) is 0 Å². The van der Waals surface area contributed by atoms with E-state index in [1.807, 2.05) is 0 Å². The van der Waals surface area contributed by atoms with Crippen molar-refractivity contribution in [1.82, 2.24) is 0 Å². The first-order chi connectivity index (χ1) is 3.42. The molecule has 0 saturated heterocycles. The van der Waals surface area contributed by atoms with Gasteiger partial charge in [-0.15, -0.1) is 0 Å². The lowest BCUT2D eigenvalue weighted by Crippen LogP contribution is -2.17.